The van der Waals surface area contributed by atoms with Crippen LogP contribution in [-0.2, 0) is 4.79 Å². The van der Waals surface area contributed by atoms with Crippen LogP contribution in [-0.4, -0.2) is 16.3 Å². The van der Waals surface area contributed by atoms with Crippen LogP contribution < -0.4 is 5.32 Å². The number of aromatic nitrogens is 1. The van der Waals surface area contributed by atoms with Crippen molar-refractivity contribution in [1.82, 2.24) is 4.57 Å². The average Bonchev–Trinajstić information content (AvgIpc) is 3.14. The highest BCUT2D eigenvalue weighted by Crippen LogP contribution is 2.24. The second-order valence-corrected chi connectivity index (χ2v) is 6.45. The molecule has 0 bridgehead atoms. The van der Waals surface area contributed by atoms with Gasteiger partial charge in [0.05, 0.1) is 12.5 Å². The number of Topliss-reactive ketones (excluding diaryl/α,β-unsaturated/α-hetero) is 1. The smallest absolute Gasteiger partial charge is 0.226 e. The van der Waals surface area contributed by atoms with Crippen molar-refractivity contribution in [3.05, 3.63) is 89.7 Å². The average molecular weight is 346 g/mol. The van der Waals surface area contributed by atoms with Crippen LogP contribution in [0.3, 0.4) is 0 Å². The fraction of sp³-hybridized carbons (Fsp3) is 0.182. The van der Waals surface area contributed by atoms with Gasteiger partial charge in [-0.2, -0.15) is 0 Å². The summed E-state index contributed by atoms with van der Waals surface area (Å²) in [4.78, 5) is 24.2. The molecule has 0 aliphatic rings. The molecular weight excluding hydrogens is 324 g/mol. The van der Waals surface area contributed by atoms with E-state index in [0.717, 1.165) is 11.1 Å². The maximum Gasteiger partial charge on any atom is 0.226 e. The van der Waals surface area contributed by atoms with E-state index in [1.165, 1.54) is 6.92 Å². The number of amides is 1. The molecule has 0 radical (unpaired) electrons. The molecule has 1 aromatic heterocycles. The summed E-state index contributed by atoms with van der Waals surface area (Å²) in [6.07, 6.45) is 4.25. The van der Waals surface area contributed by atoms with Crippen molar-refractivity contribution >= 4 is 17.4 Å². The van der Waals surface area contributed by atoms with Crippen LogP contribution in [0.25, 0.3) is 0 Å². The number of rotatable bonds is 6. The normalized spacial score (nSPS) is 11.8. The van der Waals surface area contributed by atoms with E-state index in [1.807, 2.05) is 54.2 Å². The van der Waals surface area contributed by atoms with Gasteiger partial charge in [0.2, 0.25) is 5.91 Å². The van der Waals surface area contributed by atoms with Gasteiger partial charge >= 0.3 is 0 Å². The number of anilines is 1. The lowest BCUT2D eigenvalue weighted by Crippen LogP contribution is -2.19. The monoisotopic (exact) mass is 346 g/mol. The summed E-state index contributed by atoms with van der Waals surface area (Å²) >= 11 is 0. The number of nitrogens with one attached hydrogen (secondary N) is 1. The van der Waals surface area contributed by atoms with Crippen LogP contribution in [0, 0.1) is 6.92 Å². The van der Waals surface area contributed by atoms with Crippen molar-refractivity contribution in [2.45, 2.75) is 26.3 Å². The summed E-state index contributed by atoms with van der Waals surface area (Å²) < 4.78 is 2.04. The summed E-state index contributed by atoms with van der Waals surface area (Å²) in [5.41, 5.74) is 3.48. The number of carbonyl (C=O) groups excluding carboxylic acids is 2. The fourth-order valence-corrected chi connectivity index (χ4v) is 3.03. The molecule has 3 rings (SSSR count). The zero-order chi connectivity index (χ0) is 18.5. The van der Waals surface area contributed by atoms with E-state index in [1.54, 1.807) is 24.3 Å². The summed E-state index contributed by atoms with van der Waals surface area (Å²) in [5.74, 6) is -0.114. The van der Waals surface area contributed by atoms with E-state index >= 15 is 0 Å². The van der Waals surface area contributed by atoms with Crippen LogP contribution in [0.5, 0.6) is 0 Å². The molecule has 0 saturated heterocycles. The Morgan fingerprint density at radius 1 is 1.00 bits per heavy atom. The minimum atomic E-state index is -0.0918. The Labute approximate surface area is 153 Å². The van der Waals surface area contributed by atoms with E-state index in [-0.39, 0.29) is 17.7 Å². The first-order valence-corrected chi connectivity index (χ1v) is 8.63. The number of benzene rings is 2. The first-order valence-electron chi connectivity index (χ1n) is 8.63. The minimum Gasteiger partial charge on any atom is -0.346 e. The maximum absolute atomic E-state index is 12.6. The van der Waals surface area contributed by atoms with Crippen LogP contribution in [0.2, 0.25) is 0 Å². The zero-order valence-corrected chi connectivity index (χ0v) is 15.0. The molecule has 26 heavy (non-hydrogen) atoms. The van der Waals surface area contributed by atoms with Gasteiger partial charge in [-0.15, -0.1) is 0 Å². The predicted octanol–water partition coefficient (Wildman–Crippen LogP) is 4.62. The second kappa shape index (κ2) is 7.83. The molecule has 3 aromatic rings. The molecule has 0 unspecified atom stereocenters. The van der Waals surface area contributed by atoms with E-state index in [9.17, 15) is 9.59 Å². The third-order valence-corrected chi connectivity index (χ3v) is 4.35. The number of ketones is 1. The molecule has 1 heterocycles. The van der Waals surface area contributed by atoms with Crippen molar-refractivity contribution in [2.75, 3.05) is 5.32 Å². The Balaban J connectivity index is 1.80. The van der Waals surface area contributed by atoms with Gasteiger partial charge < -0.3 is 9.88 Å². The molecule has 1 N–H and O–H groups in total. The quantitative estimate of drug-likeness (QED) is 0.662. The molecular formula is C22H22N2O2. The number of nitrogens with zero attached hydrogens (tertiary/aromatic N) is 1. The number of aryl methyl sites for hydroxylation is 1. The Bertz CT molecular complexity index is 913. The topological polar surface area (TPSA) is 51.1 Å². The highest BCUT2D eigenvalue weighted by Gasteiger charge is 2.18. The summed E-state index contributed by atoms with van der Waals surface area (Å²) in [6.45, 7) is 3.56. The van der Waals surface area contributed by atoms with E-state index in [0.29, 0.717) is 17.7 Å². The zero-order valence-electron chi connectivity index (χ0n) is 15.0. The lowest BCUT2D eigenvalue weighted by molar-refractivity contribution is -0.116. The van der Waals surface area contributed by atoms with Gasteiger partial charge in [0.25, 0.3) is 0 Å². The third kappa shape index (κ3) is 4.28. The molecule has 0 fully saturated rings. The van der Waals surface area contributed by atoms with Gasteiger partial charge in [-0.3, -0.25) is 9.59 Å². The second-order valence-electron chi connectivity index (χ2n) is 6.45. The first-order chi connectivity index (χ1) is 12.5. The van der Waals surface area contributed by atoms with E-state index < -0.39 is 0 Å². The maximum atomic E-state index is 12.6. The molecule has 0 aliphatic heterocycles. The highest BCUT2D eigenvalue weighted by molar-refractivity contribution is 5.97. The largest absolute Gasteiger partial charge is 0.346 e. The molecule has 0 saturated carbocycles. The number of hydrogen-bond donors (Lipinski definition) is 1. The lowest BCUT2D eigenvalue weighted by atomic mass is 10.0. The predicted molar refractivity (Wildman–Crippen MR) is 103 cm³/mol. The summed E-state index contributed by atoms with van der Waals surface area (Å²) in [7, 11) is 0. The molecule has 1 atom stereocenters. The van der Waals surface area contributed by atoms with Gasteiger partial charge in [0.15, 0.2) is 5.78 Å². The molecule has 1 amide bonds. The summed E-state index contributed by atoms with van der Waals surface area (Å²) in [5, 5.41) is 2.91. The van der Waals surface area contributed by atoms with Crippen LogP contribution in [0.1, 0.15) is 40.9 Å². The van der Waals surface area contributed by atoms with Gasteiger partial charge in [0.1, 0.15) is 0 Å². The Kier molecular flexibility index (Phi) is 5.32. The van der Waals surface area contributed by atoms with E-state index in [2.05, 4.69) is 11.4 Å². The van der Waals surface area contributed by atoms with Gasteiger partial charge in [-0.1, -0.05) is 42.0 Å². The Morgan fingerprint density at radius 3 is 2.42 bits per heavy atom. The SMILES string of the molecule is CC(=O)c1cccc(NC(=O)C[C@H](c2cccc(C)c2)n2cccc2)c1. The summed E-state index contributed by atoms with van der Waals surface area (Å²) in [6, 6.07) is 19.0. The van der Waals surface area contributed by atoms with E-state index in [4.69, 9.17) is 0 Å². The molecule has 4 heteroatoms. The van der Waals surface area contributed by atoms with Crippen molar-refractivity contribution < 1.29 is 9.59 Å². The minimum absolute atomic E-state index is 0.0222. The first kappa shape index (κ1) is 17.7. The van der Waals surface area contributed by atoms with Crippen molar-refractivity contribution in [2.24, 2.45) is 0 Å². The van der Waals surface area contributed by atoms with Crippen LogP contribution in [0.4, 0.5) is 5.69 Å². The van der Waals surface area contributed by atoms with Gasteiger partial charge in [-0.25, -0.2) is 0 Å². The van der Waals surface area contributed by atoms with Crippen molar-refractivity contribution in [3.8, 4) is 0 Å². The van der Waals surface area contributed by atoms with Gasteiger partial charge in [0, 0.05) is 23.6 Å². The van der Waals surface area contributed by atoms with Crippen LogP contribution >= 0.6 is 0 Å². The number of carbonyl (C=O) groups is 2. The highest BCUT2D eigenvalue weighted by atomic mass is 16.1. The third-order valence-electron chi connectivity index (χ3n) is 4.35. The van der Waals surface area contributed by atoms with Gasteiger partial charge in [-0.05, 0) is 43.7 Å². The van der Waals surface area contributed by atoms with Crippen molar-refractivity contribution in [3.63, 3.8) is 0 Å². The molecule has 2 aromatic carbocycles. The van der Waals surface area contributed by atoms with Crippen molar-refractivity contribution in [1.29, 1.82) is 0 Å². The standard InChI is InChI=1S/C22H22N2O2/c1-16-7-5-9-19(13-16)21(24-11-3-4-12-24)15-22(26)23-20-10-6-8-18(14-20)17(2)25/h3-14,21H,15H2,1-2H3,(H,23,26)/t21-/m1/s1. The molecule has 0 aliphatic carbocycles. The fourth-order valence-electron chi connectivity index (χ4n) is 3.03. The lowest BCUT2D eigenvalue weighted by Gasteiger charge is -2.20. The molecule has 4 nitrogen and oxygen atoms in total. The molecule has 0 spiro atoms. The Hall–Kier alpha value is -3.14. The Morgan fingerprint density at radius 2 is 1.73 bits per heavy atom. The molecule has 132 valence electrons. The van der Waals surface area contributed by atoms with Crippen LogP contribution in [0.15, 0.2) is 73.1 Å². The number of hydrogen-bond acceptors (Lipinski definition) is 2.